The average Bonchev–Trinajstić information content (AvgIpc) is 2.95. The number of rotatable bonds is 3. The van der Waals surface area contributed by atoms with Gasteiger partial charge in [0.05, 0.1) is 6.10 Å². The molecule has 1 atom stereocenters. The lowest BCUT2D eigenvalue weighted by Gasteiger charge is -2.41. The molecule has 0 unspecified atom stereocenters. The van der Waals surface area contributed by atoms with Gasteiger partial charge >= 0.3 is 0 Å². The van der Waals surface area contributed by atoms with E-state index in [-0.39, 0.29) is 6.10 Å². The predicted molar refractivity (Wildman–Crippen MR) is 84.0 cm³/mol. The van der Waals surface area contributed by atoms with Gasteiger partial charge in [-0.2, -0.15) is 0 Å². The third-order valence-corrected chi connectivity index (χ3v) is 5.51. The van der Waals surface area contributed by atoms with Gasteiger partial charge in [0, 0.05) is 24.3 Å². The first kappa shape index (κ1) is 13.9. The number of piperidine rings is 1. The van der Waals surface area contributed by atoms with Crippen molar-refractivity contribution in [2.45, 2.75) is 58.0 Å². The van der Waals surface area contributed by atoms with Crippen LogP contribution in [-0.4, -0.2) is 18.2 Å². The van der Waals surface area contributed by atoms with Gasteiger partial charge in [0.2, 0.25) is 0 Å². The Kier molecular flexibility index (Phi) is 4.02. The van der Waals surface area contributed by atoms with Crippen molar-refractivity contribution in [2.24, 2.45) is 5.41 Å². The third kappa shape index (κ3) is 2.58. The fourth-order valence-electron chi connectivity index (χ4n) is 4.12. The van der Waals surface area contributed by atoms with Crippen LogP contribution in [-0.2, 0) is 0 Å². The van der Waals surface area contributed by atoms with Crippen molar-refractivity contribution in [3.63, 3.8) is 0 Å². The second kappa shape index (κ2) is 5.77. The molecule has 1 N–H and O–H groups in total. The number of nitrogens with zero attached hydrogens (tertiary/aromatic N) is 1. The SMILES string of the molecule is CC[C@H](O)c1ccccc1N1CCC2(CCCC2)CC1. The summed E-state index contributed by atoms with van der Waals surface area (Å²) in [6.07, 6.45) is 8.90. The first-order valence-corrected chi connectivity index (χ1v) is 8.26. The number of benzene rings is 1. The summed E-state index contributed by atoms with van der Waals surface area (Å²) in [5.74, 6) is 0. The van der Waals surface area contributed by atoms with E-state index in [4.69, 9.17) is 0 Å². The second-order valence-electron chi connectivity index (χ2n) is 6.68. The van der Waals surface area contributed by atoms with Gasteiger partial charge in [-0.1, -0.05) is 38.0 Å². The van der Waals surface area contributed by atoms with Gasteiger partial charge in [-0.05, 0) is 43.6 Å². The molecule has 0 aromatic heterocycles. The third-order valence-electron chi connectivity index (χ3n) is 5.51. The maximum atomic E-state index is 10.2. The topological polar surface area (TPSA) is 23.5 Å². The number of hydrogen-bond donors (Lipinski definition) is 1. The summed E-state index contributed by atoms with van der Waals surface area (Å²) in [6, 6.07) is 8.41. The number of para-hydroxylation sites is 1. The van der Waals surface area contributed by atoms with Crippen LogP contribution in [0.15, 0.2) is 24.3 Å². The minimum atomic E-state index is -0.325. The van der Waals surface area contributed by atoms with Gasteiger partial charge < -0.3 is 10.0 Å². The largest absolute Gasteiger partial charge is 0.388 e. The Morgan fingerprint density at radius 2 is 1.75 bits per heavy atom. The molecule has 2 heteroatoms. The lowest BCUT2D eigenvalue weighted by Crippen LogP contribution is -2.39. The van der Waals surface area contributed by atoms with E-state index in [1.807, 2.05) is 13.0 Å². The van der Waals surface area contributed by atoms with Crippen LogP contribution in [0.1, 0.15) is 63.5 Å². The van der Waals surface area contributed by atoms with E-state index < -0.39 is 0 Å². The van der Waals surface area contributed by atoms with Crippen LogP contribution in [0.2, 0.25) is 0 Å². The van der Waals surface area contributed by atoms with Crippen LogP contribution in [0.5, 0.6) is 0 Å². The Morgan fingerprint density at radius 3 is 2.40 bits per heavy atom. The van der Waals surface area contributed by atoms with Gasteiger partial charge in [0.15, 0.2) is 0 Å². The van der Waals surface area contributed by atoms with Crippen LogP contribution in [0, 0.1) is 5.41 Å². The van der Waals surface area contributed by atoms with Crippen molar-refractivity contribution in [3.8, 4) is 0 Å². The minimum Gasteiger partial charge on any atom is -0.388 e. The van der Waals surface area contributed by atoms with Crippen molar-refractivity contribution >= 4 is 5.69 Å². The molecule has 0 amide bonds. The molecule has 3 rings (SSSR count). The molecule has 1 aliphatic carbocycles. The van der Waals surface area contributed by atoms with E-state index in [0.29, 0.717) is 5.41 Å². The van der Waals surface area contributed by atoms with Gasteiger partial charge in [-0.3, -0.25) is 0 Å². The van der Waals surface area contributed by atoms with E-state index in [2.05, 4.69) is 23.1 Å². The van der Waals surface area contributed by atoms with Crippen LogP contribution in [0.3, 0.4) is 0 Å². The highest BCUT2D eigenvalue weighted by atomic mass is 16.3. The zero-order chi connectivity index (χ0) is 14.0. The summed E-state index contributed by atoms with van der Waals surface area (Å²) < 4.78 is 0. The quantitative estimate of drug-likeness (QED) is 0.888. The zero-order valence-electron chi connectivity index (χ0n) is 12.6. The van der Waals surface area contributed by atoms with Crippen LogP contribution in [0.4, 0.5) is 5.69 Å². The molecule has 1 saturated carbocycles. The zero-order valence-corrected chi connectivity index (χ0v) is 12.6. The smallest absolute Gasteiger partial charge is 0.0807 e. The molecule has 1 saturated heterocycles. The molecular formula is C18H27NO. The van der Waals surface area contributed by atoms with Crippen LogP contribution in [0.25, 0.3) is 0 Å². The Hall–Kier alpha value is -1.02. The number of hydrogen-bond acceptors (Lipinski definition) is 2. The molecule has 1 heterocycles. The number of aliphatic hydroxyl groups excluding tert-OH is 1. The molecular weight excluding hydrogens is 246 g/mol. The molecule has 2 fully saturated rings. The van der Waals surface area contributed by atoms with Gasteiger partial charge in [-0.25, -0.2) is 0 Å². The van der Waals surface area contributed by atoms with Crippen molar-refractivity contribution < 1.29 is 5.11 Å². The van der Waals surface area contributed by atoms with Gasteiger partial charge in [-0.15, -0.1) is 0 Å². The van der Waals surface area contributed by atoms with E-state index in [1.165, 1.54) is 44.2 Å². The summed E-state index contributed by atoms with van der Waals surface area (Å²) in [4.78, 5) is 2.50. The van der Waals surface area contributed by atoms with E-state index in [1.54, 1.807) is 0 Å². The highest BCUT2D eigenvalue weighted by molar-refractivity contribution is 5.55. The van der Waals surface area contributed by atoms with Gasteiger partial charge in [0.1, 0.15) is 0 Å². The lowest BCUT2D eigenvalue weighted by atomic mass is 9.77. The molecule has 0 bridgehead atoms. The Morgan fingerprint density at radius 1 is 1.10 bits per heavy atom. The van der Waals surface area contributed by atoms with E-state index in [9.17, 15) is 5.11 Å². The normalized spacial score (nSPS) is 23.2. The van der Waals surface area contributed by atoms with Crippen molar-refractivity contribution in [1.29, 1.82) is 0 Å². The minimum absolute atomic E-state index is 0.325. The maximum absolute atomic E-state index is 10.2. The van der Waals surface area contributed by atoms with Gasteiger partial charge in [0.25, 0.3) is 0 Å². The fraction of sp³-hybridized carbons (Fsp3) is 0.667. The molecule has 110 valence electrons. The summed E-state index contributed by atoms with van der Waals surface area (Å²) in [6.45, 7) is 4.37. The highest BCUT2D eigenvalue weighted by Crippen LogP contribution is 2.47. The van der Waals surface area contributed by atoms with Crippen molar-refractivity contribution in [3.05, 3.63) is 29.8 Å². The fourth-order valence-corrected chi connectivity index (χ4v) is 4.12. The van der Waals surface area contributed by atoms with Crippen molar-refractivity contribution in [2.75, 3.05) is 18.0 Å². The number of aliphatic hydroxyl groups is 1. The lowest BCUT2D eigenvalue weighted by molar-refractivity contribution is 0.173. The number of anilines is 1. The Balaban J connectivity index is 1.74. The first-order chi connectivity index (χ1) is 9.74. The second-order valence-corrected chi connectivity index (χ2v) is 6.68. The molecule has 2 aliphatic rings. The summed E-state index contributed by atoms with van der Waals surface area (Å²) in [7, 11) is 0. The standard InChI is InChI=1S/C18H27NO/c1-2-17(20)15-7-3-4-8-16(15)19-13-11-18(12-14-19)9-5-6-10-18/h3-4,7-8,17,20H,2,5-6,9-14H2,1H3/t17-/m0/s1. The summed E-state index contributed by atoms with van der Waals surface area (Å²) >= 11 is 0. The van der Waals surface area contributed by atoms with Crippen LogP contribution < -0.4 is 4.90 Å². The molecule has 20 heavy (non-hydrogen) atoms. The molecule has 1 aromatic carbocycles. The summed E-state index contributed by atoms with van der Waals surface area (Å²) in [5.41, 5.74) is 3.03. The predicted octanol–water partition coefficient (Wildman–Crippen LogP) is 4.29. The van der Waals surface area contributed by atoms with Crippen LogP contribution >= 0.6 is 0 Å². The Labute approximate surface area is 122 Å². The molecule has 1 aromatic rings. The summed E-state index contributed by atoms with van der Waals surface area (Å²) in [5, 5.41) is 10.2. The molecule has 0 radical (unpaired) electrons. The Bertz CT molecular complexity index is 440. The van der Waals surface area contributed by atoms with E-state index in [0.717, 1.165) is 25.1 Å². The maximum Gasteiger partial charge on any atom is 0.0807 e. The monoisotopic (exact) mass is 273 g/mol. The first-order valence-electron chi connectivity index (χ1n) is 8.26. The molecule has 2 nitrogen and oxygen atoms in total. The van der Waals surface area contributed by atoms with E-state index >= 15 is 0 Å². The molecule has 1 aliphatic heterocycles. The molecule has 1 spiro atoms. The average molecular weight is 273 g/mol. The highest BCUT2D eigenvalue weighted by Gasteiger charge is 2.37. The van der Waals surface area contributed by atoms with Crippen molar-refractivity contribution in [1.82, 2.24) is 0 Å².